The molecule has 0 fully saturated rings. The van der Waals surface area contributed by atoms with Crippen LogP contribution in [0.1, 0.15) is 219 Å². The zero-order valence-electron chi connectivity index (χ0n) is 34.8. The number of hydrazine groups is 1. The molecule has 0 rings (SSSR count). The Bertz CT molecular complexity index is 876. The van der Waals surface area contributed by atoms with Crippen LogP contribution in [-0.2, 0) is 19.3 Å². The molecule has 0 bridgehead atoms. The number of carbonyl (C=O) groups is 2. The number of hydrogen-bond donors (Lipinski definition) is 1. The highest BCUT2D eigenvalue weighted by Gasteiger charge is 2.23. The van der Waals surface area contributed by atoms with Gasteiger partial charge in [0.25, 0.3) is 10.2 Å². The van der Waals surface area contributed by atoms with Crippen LogP contribution in [0.3, 0.4) is 0 Å². The molecule has 1 N–H and O–H groups in total. The summed E-state index contributed by atoms with van der Waals surface area (Å²) in [7, 11) is 3.78. The molecule has 0 heterocycles. The predicted molar refractivity (Wildman–Crippen MR) is 219 cm³/mol. The van der Waals surface area contributed by atoms with E-state index >= 15 is 0 Å². The Morgan fingerprint density at radius 1 is 0.538 bits per heavy atom. The molecule has 0 unspecified atom stereocenters. The standard InChI is InChI=1S/C44H85N4O4/c1-5-7-9-11-13-15-17-19-21-23-25-27-29-31-35-39-43(49)51-46-48(47(4)42-38-34-33-37-41-45-3)52-44(50)40-36-32-30-28-26-24-22-20-18-16-14-12-10-8-6-2/h19-22,45H,5-18,23-42H2,1-4H3/q+1/b21-19-,22-20-,48-46-. The maximum Gasteiger partial charge on any atom is 0.386 e. The first kappa shape index (κ1) is 49.8. The minimum atomic E-state index is -0.392. The van der Waals surface area contributed by atoms with Gasteiger partial charge in [-0.2, -0.15) is 0 Å². The van der Waals surface area contributed by atoms with E-state index in [2.05, 4.69) is 48.7 Å². The van der Waals surface area contributed by atoms with Crippen LogP contribution in [0, 0.1) is 0 Å². The van der Waals surface area contributed by atoms with Gasteiger partial charge in [0.15, 0.2) is 0 Å². The summed E-state index contributed by atoms with van der Waals surface area (Å²) < 4.78 is 0. The van der Waals surface area contributed by atoms with Crippen molar-refractivity contribution in [2.24, 2.45) is 5.28 Å². The first-order chi connectivity index (χ1) is 25.5. The third-order valence-corrected chi connectivity index (χ3v) is 9.63. The molecule has 0 amide bonds. The Hall–Kier alpha value is -2.22. The van der Waals surface area contributed by atoms with E-state index in [4.69, 9.17) is 9.68 Å². The summed E-state index contributed by atoms with van der Waals surface area (Å²) in [5.74, 6) is -0.744. The van der Waals surface area contributed by atoms with E-state index in [0.717, 1.165) is 88.6 Å². The van der Waals surface area contributed by atoms with Gasteiger partial charge in [-0.3, -0.25) is 4.84 Å². The number of rotatable bonds is 40. The SMILES string of the molecule is CCCCCCCC/C=C\CCCCCCCC(=O)O/N=[N+](\OC(=O)CCCCCCC/C=C\CCCCCCCC)N(C)CCCCCCNC. The Balaban J connectivity index is 4.31. The summed E-state index contributed by atoms with van der Waals surface area (Å²) >= 11 is 0. The molecule has 0 saturated heterocycles. The third-order valence-electron chi connectivity index (χ3n) is 9.63. The third kappa shape index (κ3) is 37.5. The van der Waals surface area contributed by atoms with E-state index in [-0.39, 0.29) is 5.97 Å². The van der Waals surface area contributed by atoms with Crippen molar-refractivity contribution < 1.29 is 24.2 Å². The van der Waals surface area contributed by atoms with Crippen molar-refractivity contribution in [3.63, 3.8) is 0 Å². The fourth-order valence-corrected chi connectivity index (χ4v) is 6.17. The van der Waals surface area contributed by atoms with Crippen LogP contribution in [0.5, 0.6) is 0 Å². The highest BCUT2D eigenvalue weighted by atomic mass is 16.8. The second-order valence-electron chi connectivity index (χ2n) is 14.8. The molecular weight excluding hydrogens is 649 g/mol. The average molecular weight is 734 g/mol. The van der Waals surface area contributed by atoms with E-state index < -0.39 is 5.97 Å². The van der Waals surface area contributed by atoms with Crippen molar-refractivity contribution in [3.05, 3.63) is 24.3 Å². The Kier molecular flexibility index (Phi) is 39.8. The van der Waals surface area contributed by atoms with E-state index in [9.17, 15) is 9.59 Å². The monoisotopic (exact) mass is 734 g/mol. The van der Waals surface area contributed by atoms with Crippen molar-refractivity contribution in [1.29, 1.82) is 0 Å². The molecule has 0 aromatic rings. The summed E-state index contributed by atoms with van der Waals surface area (Å²) in [6.45, 7) is 6.19. The van der Waals surface area contributed by atoms with E-state index in [1.165, 1.54) is 116 Å². The van der Waals surface area contributed by atoms with E-state index in [1.807, 2.05) is 14.1 Å². The van der Waals surface area contributed by atoms with Crippen molar-refractivity contribution in [2.45, 2.75) is 219 Å². The lowest BCUT2D eigenvalue weighted by molar-refractivity contribution is -0.924. The summed E-state index contributed by atoms with van der Waals surface area (Å²) in [5.41, 5.74) is 0. The quantitative estimate of drug-likeness (QED) is 0.0222. The van der Waals surface area contributed by atoms with Gasteiger partial charge in [-0.25, -0.2) is 9.59 Å². The summed E-state index contributed by atoms with van der Waals surface area (Å²) in [6.07, 6.45) is 45.8. The van der Waals surface area contributed by atoms with Crippen LogP contribution in [0.15, 0.2) is 29.6 Å². The first-order valence-corrected chi connectivity index (χ1v) is 22.1. The molecule has 8 nitrogen and oxygen atoms in total. The zero-order valence-corrected chi connectivity index (χ0v) is 34.8. The molecule has 0 aromatic carbocycles. The Morgan fingerprint density at radius 2 is 0.923 bits per heavy atom. The maximum absolute atomic E-state index is 12.7. The highest BCUT2D eigenvalue weighted by Crippen LogP contribution is 2.13. The van der Waals surface area contributed by atoms with Gasteiger partial charge in [0.2, 0.25) is 0 Å². The Morgan fingerprint density at radius 3 is 1.38 bits per heavy atom. The molecule has 8 heteroatoms. The number of allylic oxidation sites excluding steroid dienone is 4. The van der Waals surface area contributed by atoms with Gasteiger partial charge in [-0.1, -0.05) is 154 Å². The maximum atomic E-state index is 12.7. The van der Waals surface area contributed by atoms with Crippen LogP contribution in [0.25, 0.3) is 0 Å². The average Bonchev–Trinajstić information content (AvgIpc) is 3.14. The zero-order chi connectivity index (χ0) is 38.0. The Labute approximate surface area is 321 Å². The van der Waals surface area contributed by atoms with Gasteiger partial charge in [-0.15, -0.1) is 9.85 Å². The van der Waals surface area contributed by atoms with Crippen LogP contribution in [0.4, 0.5) is 0 Å². The molecule has 0 aliphatic heterocycles. The van der Waals surface area contributed by atoms with Crippen LogP contribution >= 0.6 is 0 Å². The number of unbranched alkanes of at least 4 members (excludes halogenated alkanes) is 25. The van der Waals surface area contributed by atoms with Gasteiger partial charge in [0.1, 0.15) is 0 Å². The first-order valence-electron chi connectivity index (χ1n) is 22.1. The van der Waals surface area contributed by atoms with E-state index in [0.29, 0.717) is 19.4 Å². The van der Waals surface area contributed by atoms with Crippen molar-refractivity contribution in [1.82, 2.24) is 10.3 Å². The molecule has 0 spiro atoms. The highest BCUT2D eigenvalue weighted by molar-refractivity contribution is 5.69. The molecule has 0 radical (unpaired) electrons. The lowest BCUT2D eigenvalue weighted by atomic mass is 10.1. The fourth-order valence-electron chi connectivity index (χ4n) is 6.17. The van der Waals surface area contributed by atoms with Gasteiger partial charge in [-0.05, 0) is 90.6 Å². The summed E-state index contributed by atoms with van der Waals surface area (Å²) in [5, 5.41) is 8.84. The number of nitrogens with zero attached hydrogens (tertiary/aromatic N) is 3. The number of nitrogens with one attached hydrogen (secondary N) is 1. The molecule has 0 atom stereocenters. The van der Waals surface area contributed by atoms with Gasteiger partial charge < -0.3 is 5.32 Å². The van der Waals surface area contributed by atoms with E-state index in [1.54, 1.807) is 5.01 Å². The summed E-state index contributed by atoms with van der Waals surface area (Å²) in [4.78, 5) is 37.0. The topological polar surface area (TPSA) is 83.2 Å². The normalized spacial score (nSPS) is 12.0. The minimum Gasteiger partial charge on any atom is -0.320 e. The molecule has 0 aliphatic carbocycles. The number of carbonyl (C=O) groups excluding carboxylic acids is 2. The molecular formula is C44H85N4O4+. The second kappa shape index (κ2) is 41.5. The van der Waals surface area contributed by atoms with Gasteiger partial charge in [0, 0.05) is 6.42 Å². The molecule has 52 heavy (non-hydrogen) atoms. The van der Waals surface area contributed by atoms with Crippen molar-refractivity contribution >= 4 is 11.9 Å². The predicted octanol–water partition coefficient (Wildman–Crippen LogP) is 13.1. The molecule has 0 aliphatic rings. The second-order valence-corrected chi connectivity index (χ2v) is 14.8. The van der Waals surface area contributed by atoms with Crippen LogP contribution in [0.2, 0.25) is 0 Å². The summed E-state index contributed by atoms with van der Waals surface area (Å²) in [6, 6.07) is 0. The van der Waals surface area contributed by atoms with Crippen molar-refractivity contribution in [2.75, 3.05) is 27.2 Å². The minimum absolute atomic E-state index is 0.313. The van der Waals surface area contributed by atoms with Gasteiger partial charge >= 0.3 is 11.9 Å². The van der Waals surface area contributed by atoms with Crippen LogP contribution < -0.4 is 5.32 Å². The smallest absolute Gasteiger partial charge is 0.320 e. The number of hydrogen-bond acceptors (Lipinski definition) is 6. The molecule has 304 valence electrons. The van der Waals surface area contributed by atoms with Crippen molar-refractivity contribution in [3.8, 4) is 0 Å². The molecule has 0 saturated carbocycles. The molecule has 0 aromatic heterocycles. The van der Waals surface area contributed by atoms with Crippen LogP contribution in [-0.4, -0.2) is 49.1 Å². The largest absolute Gasteiger partial charge is 0.386 e. The lowest BCUT2D eigenvalue weighted by Gasteiger charge is -2.09. The van der Waals surface area contributed by atoms with Gasteiger partial charge in [0.05, 0.1) is 20.0 Å². The fraction of sp³-hybridized carbons (Fsp3) is 0.864. The lowest BCUT2D eigenvalue weighted by Crippen LogP contribution is -2.34.